The van der Waals surface area contributed by atoms with E-state index in [0.717, 1.165) is 16.9 Å². The first-order valence-corrected chi connectivity index (χ1v) is 5.44. The first-order valence-electron chi connectivity index (χ1n) is 5.44. The van der Waals surface area contributed by atoms with Gasteiger partial charge in [0.1, 0.15) is 0 Å². The van der Waals surface area contributed by atoms with Gasteiger partial charge in [0.25, 0.3) is 0 Å². The lowest BCUT2D eigenvalue weighted by atomic mass is 10.1. The summed E-state index contributed by atoms with van der Waals surface area (Å²) in [6.45, 7) is 0. The van der Waals surface area contributed by atoms with Crippen LogP contribution in [0.2, 0.25) is 0 Å². The van der Waals surface area contributed by atoms with Crippen molar-refractivity contribution in [1.82, 2.24) is 0 Å². The van der Waals surface area contributed by atoms with Crippen molar-refractivity contribution in [1.29, 1.82) is 0 Å². The molecule has 2 aromatic rings. The van der Waals surface area contributed by atoms with E-state index in [-0.39, 0.29) is 12.3 Å². The molecule has 0 unspecified atom stereocenters. The number of carbonyl (C=O) groups excluding carboxylic acids is 1. The molecule has 0 aliphatic rings. The molecule has 0 saturated carbocycles. The summed E-state index contributed by atoms with van der Waals surface area (Å²) in [5.74, 6) is -0.327. The maximum absolute atomic E-state index is 11.0. The third-order valence-electron chi connectivity index (χ3n) is 2.43. The minimum Gasteiger partial charge on any atom is -0.369 e. The molecule has 0 aliphatic carbocycles. The maximum atomic E-state index is 11.0. The number of rotatable bonds is 4. The summed E-state index contributed by atoms with van der Waals surface area (Å²) in [7, 11) is 0. The van der Waals surface area contributed by atoms with Crippen LogP contribution >= 0.6 is 0 Å². The zero-order valence-electron chi connectivity index (χ0n) is 9.39. The Balaban J connectivity index is 2.23. The number of anilines is 2. The first-order chi connectivity index (χ1) is 8.25. The van der Waals surface area contributed by atoms with Crippen LogP contribution < -0.4 is 11.1 Å². The fraction of sp³-hybridized carbons (Fsp3) is 0.0714. The molecule has 3 heteroatoms. The van der Waals surface area contributed by atoms with Crippen molar-refractivity contribution in [2.45, 2.75) is 6.42 Å². The van der Waals surface area contributed by atoms with Gasteiger partial charge in [-0.2, -0.15) is 0 Å². The van der Waals surface area contributed by atoms with Gasteiger partial charge in [-0.15, -0.1) is 0 Å². The molecule has 2 aromatic carbocycles. The fourth-order valence-electron chi connectivity index (χ4n) is 1.66. The Bertz CT molecular complexity index is 509. The zero-order valence-corrected chi connectivity index (χ0v) is 9.39. The second-order valence-corrected chi connectivity index (χ2v) is 3.79. The highest BCUT2D eigenvalue weighted by atomic mass is 16.1. The predicted molar refractivity (Wildman–Crippen MR) is 69.1 cm³/mol. The molecule has 86 valence electrons. The van der Waals surface area contributed by atoms with Gasteiger partial charge in [-0.25, -0.2) is 0 Å². The molecule has 0 radical (unpaired) electrons. The number of amides is 1. The molecule has 0 heterocycles. The van der Waals surface area contributed by atoms with Crippen LogP contribution in [-0.2, 0) is 11.2 Å². The van der Waals surface area contributed by atoms with Gasteiger partial charge in [0.2, 0.25) is 5.91 Å². The minimum atomic E-state index is -0.327. The van der Waals surface area contributed by atoms with E-state index in [4.69, 9.17) is 5.73 Å². The summed E-state index contributed by atoms with van der Waals surface area (Å²) in [5.41, 5.74) is 8.03. The first kappa shape index (κ1) is 11.2. The van der Waals surface area contributed by atoms with Gasteiger partial charge < -0.3 is 11.1 Å². The summed E-state index contributed by atoms with van der Waals surface area (Å²) < 4.78 is 0. The molecule has 0 aliphatic heterocycles. The SMILES string of the molecule is NC(=O)Cc1ccccc1Nc1ccccc1. The van der Waals surface area contributed by atoms with Crippen molar-refractivity contribution in [3.8, 4) is 0 Å². The Hall–Kier alpha value is -2.29. The van der Waals surface area contributed by atoms with Gasteiger partial charge >= 0.3 is 0 Å². The number of benzene rings is 2. The second-order valence-electron chi connectivity index (χ2n) is 3.79. The average molecular weight is 226 g/mol. The van der Waals surface area contributed by atoms with Gasteiger partial charge in [-0.1, -0.05) is 36.4 Å². The van der Waals surface area contributed by atoms with Gasteiger partial charge in [0.15, 0.2) is 0 Å². The van der Waals surface area contributed by atoms with Crippen LogP contribution in [0.4, 0.5) is 11.4 Å². The summed E-state index contributed by atoms with van der Waals surface area (Å²) >= 11 is 0. The van der Waals surface area contributed by atoms with Gasteiger partial charge in [0.05, 0.1) is 6.42 Å². The topological polar surface area (TPSA) is 55.1 Å². The van der Waals surface area contributed by atoms with Crippen LogP contribution in [0, 0.1) is 0 Å². The summed E-state index contributed by atoms with van der Waals surface area (Å²) in [6.07, 6.45) is 0.246. The third kappa shape index (κ3) is 3.08. The van der Waals surface area contributed by atoms with Crippen LogP contribution in [0.1, 0.15) is 5.56 Å². The van der Waals surface area contributed by atoms with E-state index in [9.17, 15) is 4.79 Å². The maximum Gasteiger partial charge on any atom is 0.221 e. The number of carbonyl (C=O) groups is 1. The Labute approximate surface area is 100 Å². The second kappa shape index (κ2) is 5.16. The number of hydrogen-bond donors (Lipinski definition) is 2. The van der Waals surface area contributed by atoms with Crippen molar-refractivity contribution in [3.05, 3.63) is 60.2 Å². The van der Waals surface area contributed by atoms with Crippen LogP contribution in [0.15, 0.2) is 54.6 Å². The molecule has 0 aromatic heterocycles. The highest BCUT2D eigenvalue weighted by Crippen LogP contribution is 2.20. The summed E-state index contributed by atoms with van der Waals surface area (Å²) in [6, 6.07) is 17.5. The molecule has 0 fully saturated rings. The van der Waals surface area contributed by atoms with Crippen LogP contribution in [0.5, 0.6) is 0 Å². The van der Waals surface area contributed by atoms with Crippen molar-refractivity contribution < 1.29 is 4.79 Å². The number of primary amides is 1. The molecule has 0 saturated heterocycles. The normalized spacial score (nSPS) is 9.88. The average Bonchev–Trinajstić information content (AvgIpc) is 2.32. The largest absolute Gasteiger partial charge is 0.369 e. The lowest BCUT2D eigenvalue weighted by Gasteiger charge is -2.10. The standard InChI is InChI=1S/C14H14N2O/c15-14(17)10-11-6-4-5-9-13(11)16-12-7-2-1-3-8-12/h1-9,16H,10H2,(H2,15,17). The predicted octanol–water partition coefficient (Wildman–Crippen LogP) is 2.46. The number of hydrogen-bond acceptors (Lipinski definition) is 2. The van der Waals surface area contributed by atoms with E-state index in [1.807, 2.05) is 54.6 Å². The van der Waals surface area contributed by atoms with Crippen molar-refractivity contribution in [2.24, 2.45) is 5.73 Å². The Kier molecular flexibility index (Phi) is 3.40. The summed E-state index contributed by atoms with van der Waals surface area (Å²) in [4.78, 5) is 11.0. The van der Waals surface area contributed by atoms with Gasteiger partial charge in [-0.05, 0) is 23.8 Å². The molecule has 3 nitrogen and oxygen atoms in total. The lowest BCUT2D eigenvalue weighted by Crippen LogP contribution is -2.14. The lowest BCUT2D eigenvalue weighted by molar-refractivity contribution is -0.117. The minimum absolute atomic E-state index is 0.246. The highest BCUT2D eigenvalue weighted by Gasteiger charge is 2.04. The quantitative estimate of drug-likeness (QED) is 0.841. The van der Waals surface area contributed by atoms with Crippen molar-refractivity contribution in [2.75, 3.05) is 5.32 Å². The molecule has 0 spiro atoms. The van der Waals surface area contributed by atoms with Crippen LogP contribution in [0.25, 0.3) is 0 Å². The zero-order chi connectivity index (χ0) is 12.1. The molecule has 1 amide bonds. The number of nitrogens with two attached hydrogens (primary N) is 1. The van der Waals surface area contributed by atoms with Gasteiger partial charge in [0, 0.05) is 11.4 Å². The van der Waals surface area contributed by atoms with E-state index in [2.05, 4.69) is 5.32 Å². The van der Waals surface area contributed by atoms with Crippen molar-refractivity contribution in [3.63, 3.8) is 0 Å². The van der Waals surface area contributed by atoms with E-state index >= 15 is 0 Å². The molecule has 17 heavy (non-hydrogen) atoms. The fourth-order valence-corrected chi connectivity index (χ4v) is 1.66. The monoisotopic (exact) mass is 226 g/mol. The van der Waals surface area contributed by atoms with E-state index < -0.39 is 0 Å². The van der Waals surface area contributed by atoms with E-state index in [1.54, 1.807) is 0 Å². The molecule has 0 bridgehead atoms. The van der Waals surface area contributed by atoms with E-state index in [1.165, 1.54) is 0 Å². The molecule has 3 N–H and O–H groups in total. The highest BCUT2D eigenvalue weighted by molar-refractivity contribution is 5.79. The molecular weight excluding hydrogens is 212 g/mol. The van der Waals surface area contributed by atoms with E-state index in [0.29, 0.717) is 0 Å². The number of nitrogens with one attached hydrogen (secondary N) is 1. The Morgan fingerprint density at radius 3 is 2.35 bits per heavy atom. The Morgan fingerprint density at radius 1 is 1.00 bits per heavy atom. The smallest absolute Gasteiger partial charge is 0.221 e. The van der Waals surface area contributed by atoms with Crippen LogP contribution in [0.3, 0.4) is 0 Å². The Morgan fingerprint density at radius 2 is 1.65 bits per heavy atom. The number of para-hydroxylation sites is 2. The molecule has 0 atom stereocenters. The third-order valence-corrected chi connectivity index (χ3v) is 2.43. The van der Waals surface area contributed by atoms with Crippen molar-refractivity contribution >= 4 is 17.3 Å². The molecule has 2 rings (SSSR count). The summed E-state index contributed by atoms with van der Waals surface area (Å²) in [5, 5.41) is 3.27. The molecular formula is C14H14N2O. The van der Waals surface area contributed by atoms with Crippen LogP contribution in [-0.4, -0.2) is 5.91 Å². The van der Waals surface area contributed by atoms with Gasteiger partial charge in [-0.3, -0.25) is 4.79 Å².